The van der Waals surface area contributed by atoms with Gasteiger partial charge in [-0.05, 0) is 66.4 Å². The largest absolute Gasteiger partial charge is 0.543 e. The minimum atomic E-state index is -1.36. The van der Waals surface area contributed by atoms with E-state index in [-0.39, 0.29) is 23.8 Å². The van der Waals surface area contributed by atoms with Crippen molar-refractivity contribution in [1.29, 1.82) is 0 Å². The topological polar surface area (TPSA) is 122 Å². The molecule has 0 radical (unpaired) electrons. The highest BCUT2D eigenvalue weighted by Crippen LogP contribution is 2.44. The predicted octanol–water partition coefficient (Wildman–Crippen LogP) is 4.19. The van der Waals surface area contributed by atoms with Crippen LogP contribution in [0.25, 0.3) is 21.9 Å². The van der Waals surface area contributed by atoms with Crippen molar-refractivity contribution in [3.05, 3.63) is 83.4 Å². The van der Waals surface area contributed by atoms with Crippen LogP contribution in [0.2, 0.25) is 0 Å². The molecule has 4 aromatic rings. The predicted molar refractivity (Wildman–Crippen MR) is 152 cm³/mol. The summed E-state index contributed by atoms with van der Waals surface area (Å²) in [6.07, 6.45) is 6.70. The molecule has 1 spiro atoms. The van der Waals surface area contributed by atoms with Gasteiger partial charge in [-0.1, -0.05) is 6.07 Å². The number of carboxylic acid groups (broad SMARTS) is 1. The molecule has 1 amide bonds. The van der Waals surface area contributed by atoms with Crippen LogP contribution in [0.5, 0.6) is 11.5 Å². The lowest BCUT2D eigenvalue weighted by atomic mass is 9.82. The van der Waals surface area contributed by atoms with Crippen molar-refractivity contribution >= 4 is 28.4 Å². The molecule has 1 saturated carbocycles. The molecule has 4 heterocycles. The van der Waals surface area contributed by atoms with E-state index in [0.717, 1.165) is 29.3 Å². The monoisotopic (exact) mass is 562 g/mol. The summed E-state index contributed by atoms with van der Waals surface area (Å²) in [7, 11) is 1.62. The van der Waals surface area contributed by atoms with Gasteiger partial charge in [0.15, 0.2) is 5.78 Å². The molecule has 0 atom stereocenters. The van der Waals surface area contributed by atoms with Crippen LogP contribution in [-0.4, -0.2) is 58.3 Å². The fourth-order valence-corrected chi connectivity index (χ4v) is 6.22. The Morgan fingerprint density at radius 1 is 0.976 bits per heavy atom. The third-order valence-corrected chi connectivity index (χ3v) is 8.66. The maximum absolute atomic E-state index is 13.7. The van der Waals surface area contributed by atoms with Crippen molar-refractivity contribution in [2.75, 3.05) is 20.2 Å². The van der Waals surface area contributed by atoms with Crippen LogP contribution in [0, 0.1) is 0 Å². The molecule has 1 saturated heterocycles. The number of Topliss-reactive ketones (excluding diaryl/α,β-unsaturated/α-hetero) is 1. The van der Waals surface area contributed by atoms with Gasteiger partial charge in [-0.25, -0.2) is 0 Å². The van der Waals surface area contributed by atoms with E-state index in [0.29, 0.717) is 65.6 Å². The Hall–Kier alpha value is -4.79. The number of methoxy groups -OCH3 is 1. The first kappa shape index (κ1) is 26.1. The standard InChI is InChI=1S/C33H29N3O6/c1-41-29-17-22(15-24-23(29)7-11-35-30(24)19-2-3-19)31(38)36-12-8-33(9-13-36)18-27(37)25-14-20(4-5-28(25)42-33)21-6-10-34-26(16-21)32(39)40/h4-7,10-11,14-17,19H,2-3,8-9,12-13,18H2,1H3,(H,39,40)/p-1. The van der Waals surface area contributed by atoms with Crippen LogP contribution in [0.15, 0.2) is 60.9 Å². The quantitative estimate of drug-likeness (QED) is 0.355. The lowest BCUT2D eigenvalue weighted by Gasteiger charge is -2.44. The van der Waals surface area contributed by atoms with E-state index in [4.69, 9.17) is 9.47 Å². The highest BCUT2D eigenvalue weighted by atomic mass is 16.5. The van der Waals surface area contributed by atoms with E-state index in [2.05, 4.69) is 9.97 Å². The number of hydrogen-bond donors (Lipinski definition) is 0. The summed E-state index contributed by atoms with van der Waals surface area (Å²) in [4.78, 5) is 48.5. The third-order valence-electron chi connectivity index (χ3n) is 8.66. The number of benzene rings is 2. The molecule has 9 heteroatoms. The highest BCUT2D eigenvalue weighted by Gasteiger charge is 2.44. The van der Waals surface area contributed by atoms with Crippen molar-refractivity contribution in [2.24, 2.45) is 0 Å². The summed E-state index contributed by atoms with van der Waals surface area (Å²) in [6, 6.07) is 14.1. The number of amides is 1. The molecule has 7 rings (SSSR count). The summed E-state index contributed by atoms with van der Waals surface area (Å²) in [6.45, 7) is 0.927. The molecule has 0 unspecified atom stereocenters. The van der Waals surface area contributed by atoms with Gasteiger partial charge in [-0.2, -0.15) is 0 Å². The zero-order valence-electron chi connectivity index (χ0n) is 23.1. The maximum atomic E-state index is 13.7. The van der Waals surface area contributed by atoms with Crippen molar-refractivity contribution in [1.82, 2.24) is 14.9 Å². The van der Waals surface area contributed by atoms with Crippen molar-refractivity contribution in [3.63, 3.8) is 0 Å². The molecule has 2 aromatic heterocycles. The normalized spacial score (nSPS) is 17.5. The average molecular weight is 563 g/mol. The van der Waals surface area contributed by atoms with E-state index >= 15 is 0 Å². The van der Waals surface area contributed by atoms with Crippen LogP contribution in [0.4, 0.5) is 0 Å². The third kappa shape index (κ3) is 4.55. The van der Waals surface area contributed by atoms with Crippen LogP contribution >= 0.6 is 0 Å². The number of pyridine rings is 2. The fourth-order valence-electron chi connectivity index (χ4n) is 6.22. The van der Waals surface area contributed by atoms with Crippen LogP contribution in [0.1, 0.15) is 74.9 Å². The number of carboxylic acids is 1. The molecule has 2 aromatic carbocycles. The van der Waals surface area contributed by atoms with Gasteiger partial charge in [-0.3, -0.25) is 19.6 Å². The second-order valence-electron chi connectivity index (χ2n) is 11.3. The van der Waals surface area contributed by atoms with E-state index in [1.165, 1.54) is 12.3 Å². The van der Waals surface area contributed by atoms with Gasteiger partial charge < -0.3 is 24.3 Å². The number of fused-ring (bicyclic) bond motifs is 2. The Morgan fingerprint density at radius 2 is 1.74 bits per heavy atom. The number of carbonyl (C=O) groups excluding carboxylic acids is 3. The molecular weight excluding hydrogens is 534 g/mol. The lowest BCUT2D eigenvalue weighted by molar-refractivity contribution is -0.255. The molecule has 1 aliphatic carbocycles. The lowest BCUT2D eigenvalue weighted by Crippen LogP contribution is -2.52. The number of carbonyl (C=O) groups is 3. The van der Waals surface area contributed by atoms with E-state index < -0.39 is 11.6 Å². The molecule has 9 nitrogen and oxygen atoms in total. The van der Waals surface area contributed by atoms with Crippen LogP contribution in [-0.2, 0) is 0 Å². The average Bonchev–Trinajstić information content (AvgIpc) is 3.86. The number of ketones is 1. The second-order valence-corrected chi connectivity index (χ2v) is 11.3. The fraction of sp³-hybridized carbons (Fsp3) is 0.303. The number of aromatic nitrogens is 2. The summed E-state index contributed by atoms with van der Waals surface area (Å²) in [5.74, 6) is 0.128. The van der Waals surface area contributed by atoms with Crippen LogP contribution in [0.3, 0.4) is 0 Å². The minimum Gasteiger partial charge on any atom is -0.543 e. The molecular formula is C33H28N3O6-. The number of nitrogens with zero attached hydrogens (tertiary/aromatic N) is 3. The summed E-state index contributed by atoms with van der Waals surface area (Å²) in [5.41, 5.74) is 2.53. The van der Waals surface area contributed by atoms with Gasteiger partial charge in [0.25, 0.3) is 5.91 Å². The van der Waals surface area contributed by atoms with Gasteiger partial charge in [0, 0.05) is 60.6 Å². The van der Waals surface area contributed by atoms with Crippen molar-refractivity contribution in [3.8, 4) is 22.6 Å². The smallest absolute Gasteiger partial charge is 0.254 e. The van der Waals surface area contributed by atoms with E-state index in [9.17, 15) is 19.5 Å². The molecule has 2 aliphatic heterocycles. The molecule has 42 heavy (non-hydrogen) atoms. The SMILES string of the molecule is COc1cc(C(=O)N2CCC3(CC2)CC(=O)c2cc(-c4ccnc(C(=O)[O-])c4)ccc2O3)cc2c(C3CC3)nccc12. The molecule has 2 fully saturated rings. The first-order valence-corrected chi connectivity index (χ1v) is 14.1. The zero-order chi connectivity index (χ0) is 29.0. The second kappa shape index (κ2) is 9.94. The Bertz CT molecular complexity index is 1770. The number of piperidine rings is 1. The number of aromatic carboxylic acids is 1. The van der Waals surface area contributed by atoms with Gasteiger partial charge in [0.05, 0.1) is 36.5 Å². The first-order valence-electron chi connectivity index (χ1n) is 14.1. The molecule has 3 aliphatic rings. The van der Waals surface area contributed by atoms with Gasteiger partial charge >= 0.3 is 0 Å². The van der Waals surface area contributed by atoms with Crippen molar-refractivity contribution in [2.45, 2.75) is 43.6 Å². The maximum Gasteiger partial charge on any atom is 0.254 e. The number of hydrogen-bond acceptors (Lipinski definition) is 8. The van der Waals surface area contributed by atoms with Crippen LogP contribution < -0.4 is 14.6 Å². The Morgan fingerprint density at radius 3 is 2.48 bits per heavy atom. The van der Waals surface area contributed by atoms with Gasteiger partial charge in [0.1, 0.15) is 17.1 Å². The summed E-state index contributed by atoms with van der Waals surface area (Å²) in [5, 5.41) is 13.2. The minimum absolute atomic E-state index is 0.0357. The van der Waals surface area contributed by atoms with Gasteiger partial charge in [0.2, 0.25) is 0 Å². The number of ether oxygens (including phenoxy) is 2. The summed E-state index contributed by atoms with van der Waals surface area (Å²) < 4.78 is 12.1. The van der Waals surface area contributed by atoms with E-state index in [1.54, 1.807) is 43.6 Å². The van der Waals surface area contributed by atoms with Gasteiger partial charge in [-0.15, -0.1) is 0 Å². The van der Waals surface area contributed by atoms with Crippen molar-refractivity contribution < 1.29 is 29.0 Å². The Labute approximate surface area is 242 Å². The Kier molecular flexibility index (Phi) is 6.18. The number of likely N-dealkylation sites (tertiary alicyclic amines) is 1. The Balaban J connectivity index is 1.10. The zero-order valence-corrected chi connectivity index (χ0v) is 23.1. The van der Waals surface area contributed by atoms with E-state index in [1.807, 2.05) is 17.0 Å². The first-order chi connectivity index (χ1) is 20.3. The molecule has 212 valence electrons. The number of rotatable bonds is 5. The highest BCUT2D eigenvalue weighted by molar-refractivity contribution is 6.03. The molecule has 0 bridgehead atoms. The summed E-state index contributed by atoms with van der Waals surface area (Å²) >= 11 is 0. The molecule has 0 N–H and O–H groups in total.